The second-order valence-electron chi connectivity index (χ2n) is 10.8. The number of hydrogen-bond donors (Lipinski definition) is 0. The van der Waals surface area contributed by atoms with Gasteiger partial charge in [0, 0.05) is 79.2 Å². The highest BCUT2D eigenvalue weighted by molar-refractivity contribution is 9.10. The SMILES string of the molecule is CN1c2ccccc2C(=C(C#N)c2ccc(Br)cc2)c2cc3c(cc21)C(=C(C#N)c1ccc(Br)cc1)c1ccccc1N3C. The predicted molar refractivity (Wildman–Crippen MR) is 187 cm³/mol. The number of anilines is 4. The first-order valence-corrected chi connectivity index (χ1v) is 15.7. The number of benzene rings is 5. The molecule has 5 aromatic carbocycles. The van der Waals surface area contributed by atoms with Crippen LogP contribution in [0.4, 0.5) is 22.7 Å². The lowest BCUT2D eigenvalue weighted by molar-refractivity contribution is 1.14. The molecule has 0 N–H and O–H groups in total. The van der Waals surface area contributed by atoms with Gasteiger partial charge in [0.15, 0.2) is 0 Å². The molecule has 7 rings (SSSR count). The van der Waals surface area contributed by atoms with Crippen LogP contribution in [0.2, 0.25) is 0 Å². The first-order valence-electron chi connectivity index (χ1n) is 14.1. The van der Waals surface area contributed by atoms with Gasteiger partial charge in [-0.3, -0.25) is 0 Å². The van der Waals surface area contributed by atoms with E-state index in [0.29, 0.717) is 11.1 Å². The van der Waals surface area contributed by atoms with Crippen LogP contribution in [0, 0.1) is 22.7 Å². The van der Waals surface area contributed by atoms with E-state index >= 15 is 0 Å². The van der Waals surface area contributed by atoms with Gasteiger partial charge >= 0.3 is 0 Å². The summed E-state index contributed by atoms with van der Waals surface area (Å²) >= 11 is 7.07. The lowest BCUT2D eigenvalue weighted by Crippen LogP contribution is -2.23. The van der Waals surface area contributed by atoms with E-state index in [1.54, 1.807) is 0 Å². The molecule has 4 nitrogen and oxygen atoms in total. The second kappa shape index (κ2) is 11.0. The largest absolute Gasteiger partial charge is 0.344 e. The van der Waals surface area contributed by atoms with Crippen molar-refractivity contribution in [1.29, 1.82) is 10.5 Å². The highest BCUT2D eigenvalue weighted by Crippen LogP contribution is 2.54. The average Bonchev–Trinajstić information content (AvgIpc) is 3.05. The molecule has 6 heteroatoms. The van der Waals surface area contributed by atoms with Crippen LogP contribution in [0.5, 0.6) is 0 Å². The van der Waals surface area contributed by atoms with Crippen molar-refractivity contribution < 1.29 is 0 Å². The minimum atomic E-state index is 0.612. The van der Waals surface area contributed by atoms with E-state index in [1.165, 1.54) is 0 Å². The minimum absolute atomic E-state index is 0.612. The van der Waals surface area contributed by atoms with Gasteiger partial charge in [0.05, 0.1) is 11.1 Å². The fourth-order valence-corrected chi connectivity index (χ4v) is 6.87. The molecule has 0 atom stereocenters. The van der Waals surface area contributed by atoms with E-state index in [1.807, 2.05) is 72.8 Å². The Labute approximate surface area is 273 Å². The summed E-state index contributed by atoms with van der Waals surface area (Å²) in [7, 11) is 4.13. The van der Waals surface area contributed by atoms with Crippen molar-refractivity contribution in [3.8, 4) is 12.1 Å². The molecule has 0 saturated heterocycles. The summed E-state index contributed by atoms with van der Waals surface area (Å²) in [6, 6.07) is 41.7. The smallest absolute Gasteiger partial charge is 0.100 e. The number of nitriles is 2. The molecule has 0 unspecified atom stereocenters. The number of hydrogen-bond acceptors (Lipinski definition) is 4. The molecule has 0 aromatic heterocycles. The van der Waals surface area contributed by atoms with Gasteiger partial charge in [-0.05, 0) is 59.7 Å². The minimum Gasteiger partial charge on any atom is -0.344 e. The zero-order valence-corrected chi connectivity index (χ0v) is 27.1. The molecule has 0 saturated carbocycles. The van der Waals surface area contributed by atoms with Crippen LogP contribution in [0.3, 0.4) is 0 Å². The normalized spacial score (nSPS) is 15.2. The summed E-state index contributed by atoms with van der Waals surface area (Å²) < 4.78 is 1.92. The molecule has 0 spiro atoms. The predicted octanol–water partition coefficient (Wildman–Crippen LogP) is 10.3. The van der Waals surface area contributed by atoms with Crippen LogP contribution >= 0.6 is 31.9 Å². The summed E-state index contributed by atoms with van der Waals surface area (Å²) in [5.41, 5.74) is 12.7. The molecule has 2 heterocycles. The first kappa shape index (κ1) is 27.9. The maximum absolute atomic E-state index is 10.6. The van der Waals surface area contributed by atoms with Gasteiger partial charge < -0.3 is 9.80 Å². The summed E-state index contributed by atoms with van der Waals surface area (Å²) in [5.74, 6) is 0. The number of fused-ring (bicyclic) bond motifs is 4. The number of para-hydroxylation sites is 2. The van der Waals surface area contributed by atoms with Crippen molar-refractivity contribution in [2.75, 3.05) is 23.9 Å². The van der Waals surface area contributed by atoms with Crippen LogP contribution in [0.25, 0.3) is 22.3 Å². The summed E-state index contributed by atoms with van der Waals surface area (Å²) in [6.45, 7) is 0. The first-order chi connectivity index (χ1) is 21.4. The molecule has 2 aliphatic heterocycles. The molecular weight excluding hydrogens is 672 g/mol. The Kier molecular flexibility index (Phi) is 6.98. The molecule has 0 radical (unpaired) electrons. The Hall–Kier alpha value is -4.88. The summed E-state index contributed by atoms with van der Waals surface area (Å²) in [6.07, 6.45) is 0. The third-order valence-corrected chi connectivity index (χ3v) is 9.49. The van der Waals surface area contributed by atoms with Crippen molar-refractivity contribution in [3.63, 3.8) is 0 Å². The van der Waals surface area contributed by atoms with Gasteiger partial charge in [0.1, 0.15) is 12.1 Å². The molecule has 0 fully saturated rings. The Bertz CT molecular complexity index is 1970. The number of allylic oxidation sites excluding steroid dienone is 2. The molecule has 2 aliphatic rings. The molecular formula is C38H24Br2N4. The molecule has 0 aliphatic carbocycles. The fourth-order valence-electron chi connectivity index (χ4n) is 6.34. The van der Waals surface area contributed by atoms with Crippen LogP contribution in [-0.4, -0.2) is 14.1 Å². The fraction of sp³-hybridized carbons (Fsp3) is 0.0526. The molecule has 210 valence electrons. The molecule has 44 heavy (non-hydrogen) atoms. The maximum Gasteiger partial charge on any atom is 0.100 e. The maximum atomic E-state index is 10.6. The molecule has 0 bridgehead atoms. The Morgan fingerprint density at radius 1 is 0.500 bits per heavy atom. The lowest BCUT2D eigenvalue weighted by atomic mass is 9.80. The number of nitrogens with zero attached hydrogens (tertiary/aromatic N) is 4. The Balaban J connectivity index is 1.58. The third kappa shape index (κ3) is 4.38. The van der Waals surface area contributed by atoms with Gasteiger partial charge in [-0.1, -0.05) is 92.5 Å². The van der Waals surface area contributed by atoms with Gasteiger partial charge in [0.25, 0.3) is 0 Å². The van der Waals surface area contributed by atoms with Crippen molar-refractivity contribution >= 4 is 76.9 Å². The van der Waals surface area contributed by atoms with E-state index in [0.717, 1.165) is 76.2 Å². The standard InChI is InChI=1S/C38H24Br2N4/c1-43-33-9-5-3-7-27(33)37(31(21-41)23-11-15-25(39)16-12-23)29-20-36-30(19-35(29)43)38(28-8-4-6-10-34(28)44(36)2)32(22-42)24-13-17-26(40)18-14-24/h3-20H,1-2H3. The highest BCUT2D eigenvalue weighted by atomic mass is 79.9. The van der Waals surface area contributed by atoms with E-state index in [2.05, 4.69) is 104 Å². The van der Waals surface area contributed by atoms with Gasteiger partial charge in [-0.25, -0.2) is 0 Å². The lowest BCUT2D eigenvalue weighted by Gasteiger charge is -2.37. The van der Waals surface area contributed by atoms with Crippen LogP contribution < -0.4 is 9.80 Å². The van der Waals surface area contributed by atoms with Crippen molar-refractivity contribution in [2.45, 2.75) is 0 Å². The van der Waals surface area contributed by atoms with Crippen LogP contribution in [-0.2, 0) is 0 Å². The summed E-state index contributed by atoms with van der Waals surface area (Å²) in [5, 5.41) is 21.3. The van der Waals surface area contributed by atoms with E-state index in [4.69, 9.17) is 0 Å². The van der Waals surface area contributed by atoms with E-state index < -0.39 is 0 Å². The van der Waals surface area contributed by atoms with E-state index in [-0.39, 0.29) is 0 Å². The highest BCUT2D eigenvalue weighted by Gasteiger charge is 2.33. The Morgan fingerprint density at radius 2 is 0.864 bits per heavy atom. The van der Waals surface area contributed by atoms with Crippen LogP contribution in [0.1, 0.15) is 33.4 Å². The molecule has 5 aromatic rings. The van der Waals surface area contributed by atoms with E-state index in [9.17, 15) is 10.5 Å². The van der Waals surface area contributed by atoms with Gasteiger partial charge in [-0.15, -0.1) is 0 Å². The Morgan fingerprint density at radius 3 is 1.23 bits per heavy atom. The zero-order valence-electron chi connectivity index (χ0n) is 23.9. The topological polar surface area (TPSA) is 54.1 Å². The van der Waals surface area contributed by atoms with Gasteiger partial charge in [0.2, 0.25) is 0 Å². The van der Waals surface area contributed by atoms with Gasteiger partial charge in [-0.2, -0.15) is 10.5 Å². The average molecular weight is 696 g/mol. The quantitative estimate of drug-likeness (QED) is 0.173. The zero-order chi connectivity index (χ0) is 30.5. The van der Waals surface area contributed by atoms with Crippen molar-refractivity contribution in [2.24, 2.45) is 0 Å². The third-order valence-electron chi connectivity index (χ3n) is 8.43. The number of halogens is 2. The second-order valence-corrected chi connectivity index (χ2v) is 12.6. The summed E-state index contributed by atoms with van der Waals surface area (Å²) in [4.78, 5) is 4.38. The van der Waals surface area contributed by atoms with Crippen molar-refractivity contribution in [1.82, 2.24) is 0 Å². The monoisotopic (exact) mass is 694 g/mol. The molecule has 0 amide bonds. The number of rotatable bonds is 2. The van der Waals surface area contributed by atoms with Crippen molar-refractivity contribution in [3.05, 3.63) is 152 Å². The van der Waals surface area contributed by atoms with Crippen LogP contribution in [0.15, 0.2) is 118 Å².